The smallest absolute Gasteiger partial charge is 0.0287 e. The number of rotatable bonds is 4. The molecule has 0 aromatic heterocycles. The molecule has 0 fully saturated rings. The zero-order valence-corrected chi connectivity index (χ0v) is 6.59. The molecular weight excluding hydrogens is 114 g/mol. The molecule has 2 N–H and O–H groups in total. The van der Waals surface area contributed by atoms with Gasteiger partial charge in [-0.3, -0.25) is 5.84 Å². The average Bonchev–Trinajstić information content (AvgIpc) is 1.82. The highest BCUT2D eigenvalue weighted by atomic mass is 15.7. The van der Waals surface area contributed by atoms with Crippen LogP contribution >= 0.6 is 0 Å². The molecule has 0 heterocycles. The summed E-state index contributed by atoms with van der Waals surface area (Å²) in [6.45, 7) is 3.10. The van der Waals surface area contributed by atoms with E-state index in [4.69, 9.17) is 5.84 Å². The van der Waals surface area contributed by atoms with Gasteiger partial charge in [0.15, 0.2) is 0 Å². The van der Waals surface area contributed by atoms with E-state index >= 15 is 0 Å². The third kappa shape index (κ3) is 4.39. The van der Waals surface area contributed by atoms with Crippen LogP contribution in [0.15, 0.2) is 0 Å². The Balaban J connectivity index is 3.16. The van der Waals surface area contributed by atoms with Crippen LogP contribution in [-0.2, 0) is 0 Å². The fraction of sp³-hybridized carbons (Fsp3) is 1.00. The van der Waals surface area contributed by atoms with Gasteiger partial charge < -0.3 is 0 Å². The van der Waals surface area contributed by atoms with Crippen LogP contribution in [0, 0.1) is 0 Å². The molecule has 3 heteroatoms. The van der Waals surface area contributed by atoms with Gasteiger partial charge in [-0.2, -0.15) is 5.12 Å². The van der Waals surface area contributed by atoms with Gasteiger partial charge in [0.1, 0.15) is 0 Å². The van der Waals surface area contributed by atoms with Gasteiger partial charge in [-0.1, -0.05) is 13.3 Å². The minimum atomic E-state index is 0.948. The van der Waals surface area contributed by atoms with E-state index in [9.17, 15) is 0 Å². The van der Waals surface area contributed by atoms with E-state index in [1.165, 1.54) is 6.42 Å². The molecule has 0 aromatic rings. The van der Waals surface area contributed by atoms with Crippen molar-refractivity contribution >= 4 is 0 Å². The van der Waals surface area contributed by atoms with E-state index < -0.39 is 0 Å². The molecule has 0 unspecified atom stereocenters. The Bertz CT molecular complexity index is 63.3. The van der Waals surface area contributed by atoms with Crippen molar-refractivity contribution in [1.29, 1.82) is 0 Å². The van der Waals surface area contributed by atoms with Crippen molar-refractivity contribution in [3.8, 4) is 0 Å². The number of unbranched alkanes of at least 4 members (excludes halogenated alkanes) is 1. The summed E-state index contributed by atoms with van der Waals surface area (Å²) in [5.74, 6) is 5.56. The lowest BCUT2D eigenvalue weighted by molar-refractivity contribution is 0.0232. The van der Waals surface area contributed by atoms with Gasteiger partial charge >= 0.3 is 0 Å². The van der Waals surface area contributed by atoms with E-state index in [1.54, 1.807) is 5.12 Å². The molecule has 0 amide bonds. The Kier molecular flexibility index (Phi) is 4.67. The molecule has 3 nitrogen and oxygen atoms in total. The van der Waals surface area contributed by atoms with Gasteiger partial charge in [0.2, 0.25) is 0 Å². The molecule has 0 aliphatic heterocycles. The lowest BCUT2D eigenvalue weighted by Crippen LogP contribution is -2.43. The highest BCUT2D eigenvalue weighted by Crippen LogP contribution is 1.89. The molecule has 0 atom stereocenters. The highest BCUT2D eigenvalue weighted by Gasteiger charge is 1.97. The number of hydrazine groups is 2. The third-order valence-electron chi connectivity index (χ3n) is 1.25. The fourth-order valence-electron chi connectivity index (χ4n) is 0.520. The van der Waals surface area contributed by atoms with Crippen LogP contribution in [0.25, 0.3) is 0 Å². The van der Waals surface area contributed by atoms with Gasteiger partial charge in [0.05, 0.1) is 0 Å². The third-order valence-corrected chi connectivity index (χ3v) is 1.25. The molecule has 0 aliphatic rings. The van der Waals surface area contributed by atoms with Gasteiger partial charge in [-0.25, -0.2) is 5.01 Å². The fourth-order valence-corrected chi connectivity index (χ4v) is 0.520. The average molecular weight is 131 g/mol. The first-order valence-electron chi connectivity index (χ1n) is 3.38. The number of hydrogen-bond acceptors (Lipinski definition) is 3. The Labute approximate surface area is 57.4 Å². The normalized spacial score (nSPS) is 11.3. The van der Waals surface area contributed by atoms with E-state index in [1.807, 2.05) is 19.1 Å². The number of nitrogens with zero attached hydrogens (tertiary/aromatic N) is 2. The first-order chi connectivity index (χ1) is 4.18. The second kappa shape index (κ2) is 4.73. The second-order valence-corrected chi connectivity index (χ2v) is 2.36. The molecule has 0 bridgehead atoms. The van der Waals surface area contributed by atoms with Crippen molar-refractivity contribution < 1.29 is 0 Å². The Hall–Kier alpha value is -0.120. The Morgan fingerprint density at radius 2 is 1.89 bits per heavy atom. The van der Waals surface area contributed by atoms with Crippen LogP contribution in [0.3, 0.4) is 0 Å². The monoisotopic (exact) mass is 131 g/mol. The maximum atomic E-state index is 5.56. The molecular formula is C6H17N3. The van der Waals surface area contributed by atoms with E-state index in [0.29, 0.717) is 0 Å². The summed E-state index contributed by atoms with van der Waals surface area (Å²) in [6.07, 6.45) is 2.36. The van der Waals surface area contributed by atoms with Crippen LogP contribution in [0.4, 0.5) is 0 Å². The first kappa shape index (κ1) is 8.88. The predicted molar refractivity (Wildman–Crippen MR) is 39.5 cm³/mol. The van der Waals surface area contributed by atoms with Gasteiger partial charge in [-0.05, 0) is 6.42 Å². The van der Waals surface area contributed by atoms with Crippen molar-refractivity contribution in [1.82, 2.24) is 10.1 Å². The largest absolute Gasteiger partial charge is 0.255 e. The van der Waals surface area contributed by atoms with Crippen molar-refractivity contribution in [2.75, 3.05) is 20.6 Å². The minimum Gasteiger partial charge on any atom is -0.255 e. The zero-order valence-electron chi connectivity index (χ0n) is 6.59. The van der Waals surface area contributed by atoms with Gasteiger partial charge in [-0.15, -0.1) is 0 Å². The summed E-state index contributed by atoms with van der Waals surface area (Å²) < 4.78 is 0. The summed E-state index contributed by atoms with van der Waals surface area (Å²) >= 11 is 0. The summed E-state index contributed by atoms with van der Waals surface area (Å²) in [6, 6.07) is 0. The summed E-state index contributed by atoms with van der Waals surface area (Å²) in [5, 5.41) is 3.60. The van der Waals surface area contributed by atoms with Crippen LogP contribution in [-0.4, -0.2) is 30.8 Å². The van der Waals surface area contributed by atoms with E-state index in [-0.39, 0.29) is 0 Å². The highest BCUT2D eigenvalue weighted by molar-refractivity contribution is 4.39. The first-order valence-corrected chi connectivity index (χ1v) is 3.38. The quantitative estimate of drug-likeness (QED) is 0.444. The molecule has 0 aliphatic carbocycles. The molecule has 0 radical (unpaired) electrons. The van der Waals surface area contributed by atoms with Crippen LogP contribution in [0.5, 0.6) is 0 Å². The SMILES string of the molecule is CCCCN(N)N(C)C. The van der Waals surface area contributed by atoms with Crippen molar-refractivity contribution in [3.63, 3.8) is 0 Å². The zero-order chi connectivity index (χ0) is 7.28. The number of hydrogen-bond donors (Lipinski definition) is 1. The molecule has 0 aromatic carbocycles. The summed E-state index contributed by atoms with van der Waals surface area (Å²) in [4.78, 5) is 0. The maximum absolute atomic E-state index is 5.56. The molecule has 0 rings (SSSR count). The molecule has 9 heavy (non-hydrogen) atoms. The lowest BCUT2D eigenvalue weighted by atomic mass is 10.3. The van der Waals surface area contributed by atoms with Crippen LogP contribution in [0.1, 0.15) is 19.8 Å². The molecule has 0 saturated heterocycles. The molecule has 0 spiro atoms. The van der Waals surface area contributed by atoms with Crippen molar-refractivity contribution in [2.45, 2.75) is 19.8 Å². The standard InChI is InChI=1S/C6H17N3/c1-4-5-6-9(7)8(2)3/h4-7H2,1-3H3. The lowest BCUT2D eigenvalue weighted by Gasteiger charge is -2.22. The summed E-state index contributed by atoms with van der Waals surface area (Å²) in [7, 11) is 3.88. The van der Waals surface area contributed by atoms with E-state index in [2.05, 4.69) is 6.92 Å². The molecule has 56 valence electrons. The Morgan fingerprint density at radius 1 is 1.33 bits per heavy atom. The van der Waals surface area contributed by atoms with Crippen molar-refractivity contribution in [3.05, 3.63) is 0 Å². The van der Waals surface area contributed by atoms with Gasteiger partial charge in [0.25, 0.3) is 0 Å². The number of nitrogens with two attached hydrogens (primary N) is 1. The minimum absolute atomic E-state index is 0.948. The van der Waals surface area contributed by atoms with E-state index in [0.717, 1.165) is 13.0 Å². The Morgan fingerprint density at radius 3 is 2.22 bits per heavy atom. The summed E-state index contributed by atoms with van der Waals surface area (Å²) in [5.41, 5.74) is 0. The van der Waals surface area contributed by atoms with Gasteiger partial charge in [0, 0.05) is 20.6 Å². The molecule has 0 saturated carbocycles. The van der Waals surface area contributed by atoms with Crippen molar-refractivity contribution in [2.24, 2.45) is 5.84 Å². The topological polar surface area (TPSA) is 32.5 Å². The second-order valence-electron chi connectivity index (χ2n) is 2.36. The van der Waals surface area contributed by atoms with Crippen LogP contribution in [0.2, 0.25) is 0 Å². The predicted octanol–water partition coefficient (Wildman–Crippen LogP) is 0.439. The maximum Gasteiger partial charge on any atom is 0.0287 e. The van der Waals surface area contributed by atoms with Crippen LogP contribution < -0.4 is 5.84 Å².